The first-order valence-electron chi connectivity index (χ1n) is 10.0. The molecule has 0 aliphatic carbocycles. The zero-order chi connectivity index (χ0) is 19.7. The molecular weight excluding hydrogens is 356 g/mol. The maximum absolute atomic E-state index is 13.2. The number of nitrogens with zero attached hydrogens (tertiary/aromatic N) is 2. The number of fused-ring (bicyclic) bond motifs is 1. The molecule has 1 aromatic carbocycles. The Labute approximate surface area is 166 Å². The first-order valence-corrected chi connectivity index (χ1v) is 10.0. The van der Waals surface area contributed by atoms with Gasteiger partial charge in [-0.05, 0) is 45.4 Å². The maximum atomic E-state index is 13.2. The summed E-state index contributed by atoms with van der Waals surface area (Å²) in [6.45, 7) is 10.2. The Bertz CT molecular complexity index is 868. The van der Waals surface area contributed by atoms with Crippen LogP contribution in [0.5, 0.6) is 11.5 Å². The Balaban J connectivity index is 1.62. The van der Waals surface area contributed by atoms with Gasteiger partial charge in [-0.15, -0.1) is 0 Å². The van der Waals surface area contributed by atoms with Crippen LogP contribution in [0, 0.1) is 19.8 Å². The second-order valence-electron chi connectivity index (χ2n) is 7.52. The van der Waals surface area contributed by atoms with Crippen molar-refractivity contribution in [2.75, 3.05) is 39.5 Å². The molecule has 0 bridgehead atoms. The Morgan fingerprint density at radius 2 is 1.93 bits per heavy atom. The van der Waals surface area contributed by atoms with Crippen LogP contribution in [0.1, 0.15) is 35.1 Å². The van der Waals surface area contributed by atoms with Gasteiger partial charge in [0.2, 0.25) is 0 Å². The number of aromatic nitrogens is 1. The third-order valence-electron chi connectivity index (χ3n) is 5.62. The van der Waals surface area contributed by atoms with Gasteiger partial charge in [0.25, 0.3) is 5.91 Å². The van der Waals surface area contributed by atoms with Crippen LogP contribution in [-0.2, 0) is 4.74 Å². The smallest absolute Gasteiger partial charge is 0.255 e. The minimum atomic E-state index is 0.0892. The highest BCUT2D eigenvalue weighted by atomic mass is 16.6. The largest absolute Gasteiger partial charge is 0.486 e. The van der Waals surface area contributed by atoms with Crippen LogP contribution in [0.15, 0.2) is 24.3 Å². The van der Waals surface area contributed by atoms with E-state index in [0.717, 1.165) is 60.3 Å². The van der Waals surface area contributed by atoms with Gasteiger partial charge < -0.3 is 23.7 Å². The maximum Gasteiger partial charge on any atom is 0.255 e. The molecule has 3 heterocycles. The molecule has 1 atom stereocenters. The first kappa shape index (κ1) is 18.9. The molecule has 150 valence electrons. The van der Waals surface area contributed by atoms with E-state index in [1.165, 1.54) is 0 Å². The average molecular weight is 384 g/mol. The van der Waals surface area contributed by atoms with E-state index in [-0.39, 0.29) is 5.91 Å². The minimum absolute atomic E-state index is 0.0892. The van der Waals surface area contributed by atoms with Crippen LogP contribution in [0.3, 0.4) is 0 Å². The summed E-state index contributed by atoms with van der Waals surface area (Å²) in [4.78, 5) is 15.2. The van der Waals surface area contributed by atoms with Crippen molar-refractivity contribution in [2.45, 2.75) is 27.2 Å². The van der Waals surface area contributed by atoms with E-state index in [1.54, 1.807) is 0 Å². The lowest BCUT2D eigenvalue weighted by Crippen LogP contribution is -2.35. The van der Waals surface area contributed by atoms with Crippen molar-refractivity contribution in [1.82, 2.24) is 9.47 Å². The fourth-order valence-electron chi connectivity index (χ4n) is 4.11. The number of aryl methyl sites for hydroxylation is 1. The number of carbonyl (C=O) groups is 1. The Hall–Kier alpha value is -2.47. The number of amides is 1. The van der Waals surface area contributed by atoms with Crippen LogP contribution in [0.2, 0.25) is 0 Å². The van der Waals surface area contributed by atoms with Crippen molar-refractivity contribution in [2.24, 2.45) is 5.92 Å². The third kappa shape index (κ3) is 3.49. The molecule has 2 aliphatic rings. The van der Waals surface area contributed by atoms with Crippen molar-refractivity contribution in [3.63, 3.8) is 0 Å². The molecule has 1 amide bonds. The van der Waals surface area contributed by atoms with Gasteiger partial charge in [-0.1, -0.05) is 0 Å². The van der Waals surface area contributed by atoms with E-state index in [0.29, 0.717) is 25.7 Å². The van der Waals surface area contributed by atoms with Gasteiger partial charge in [-0.25, -0.2) is 0 Å². The normalized spacial score (nSPS) is 18.3. The predicted octanol–water partition coefficient (Wildman–Crippen LogP) is 3.36. The number of carbonyl (C=O) groups excluding carboxylic acids is 1. The molecule has 6 heteroatoms. The number of ether oxygens (including phenoxy) is 3. The van der Waals surface area contributed by atoms with Gasteiger partial charge in [0.15, 0.2) is 11.5 Å². The van der Waals surface area contributed by atoms with Gasteiger partial charge in [0, 0.05) is 48.8 Å². The zero-order valence-electron chi connectivity index (χ0n) is 16.9. The first-order chi connectivity index (χ1) is 13.6. The fourth-order valence-corrected chi connectivity index (χ4v) is 4.11. The molecule has 28 heavy (non-hydrogen) atoms. The zero-order valence-corrected chi connectivity index (χ0v) is 16.9. The molecule has 1 unspecified atom stereocenters. The molecule has 2 aliphatic heterocycles. The Kier molecular flexibility index (Phi) is 5.31. The molecule has 0 spiro atoms. The lowest BCUT2D eigenvalue weighted by molar-refractivity contribution is 0.0730. The molecule has 4 rings (SSSR count). The van der Waals surface area contributed by atoms with E-state index in [9.17, 15) is 4.79 Å². The van der Waals surface area contributed by atoms with E-state index in [4.69, 9.17) is 14.2 Å². The summed E-state index contributed by atoms with van der Waals surface area (Å²) in [6, 6.07) is 7.91. The lowest BCUT2D eigenvalue weighted by atomic mass is 10.1. The molecule has 1 fully saturated rings. The second-order valence-corrected chi connectivity index (χ2v) is 7.52. The van der Waals surface area contributed by atoms with Crippen LogP contribution in [0.25, 0.3) is 5.69 Å². The number of benzene rings is 1. The summed E-state index contributed by atoms with van der Waals surface area (Å²) < 4.78 is 18.9. The highest BCUT2D eigenvalue weighted by Crippen LogP contribution is 2.33. The fraction of sp³-hybridized carbons (Fsp3) is 0.500. The SMILES string of the molecule is CCN(CC1CCOC1)C(=O)c1cc(C)n(-c2ccc3c(c2)OCCO3)c1C. The summed E-state index contributed by atoms with van der Waals surface area (Å²) in [7, 11) is 0. The molecule has 2 aromatic rings. The van der Waals surface area contributed by atoms with Crippen molar-refractivity contribution in [3.05, 3.63) is 41.2 Å². The van der Waals surface area contributed by atoms with Crippen molar-refractivity contribution in [1.29, 1.82) is 0 Å². The molecule has 6 nitrogen and oxygen atoms in total. The minimum Gasteiger partial charge on any atom is -0.486 e. The van der Waals surface area contributed by atoms with E-state index in [1.807, 2.05) is 49.9 Å². The van der Waals surface area contributed by atoms with Crippen LogP contribution >= 0.6 is 0 Å². The average Bonchev–Trinajstić information content (AvgIpc) is 3.32. The number of hydrogen-bond acceptors (Lipinski definition) is 4. The Morgan fingerprint density at radius 1 is 1.14 bits per heavy atom. The number of hydrogen-bond donors (Lipinski definition) is 0. The van der Waals surface area contributed by atoms with E-state index >= 15 is 0 Å². The lowest BCUT2D eigenvalue weighted by Gasteiger charge is -2.24. The van der Waals surface area contributed by atoms with Crippen molar-refractivity contribution in [3.8, 4) is 17.2 Å². The summed E-state index contributed by atoms with van der Waals surface area (Å²) in [6.07, 6.45) is 1.03. The van der Waals surface area contributed by atoms with Gasteiger partial charge in [0.05, 0.1) is 12.2 Å². The van der Waals surface area contributed by atoms with E-state index < -0.39 is 0 Å². The van der Waals surface area contributed by atoms with Crippen LogP contribution in [0.4, 0.5) is 0 Å². The second kappa shape index (κ2) is 7.87. The summed E-state index contributed by atoms with van der Waals surface area (Å²) in [5.74, 6) is 2.04. The van der Waals surface area contributed by atoms with E-state index in [2.05, 4.69) is 4.57 Å². The quantitative estimate of drug-likeness (QED) is 0.793. The highest BCUT2D eigenvalue weighted by molar-refractivity contribution is 5.96. The summed E-state index contributed by atoms with van der Waals surface area (Å²) in [5, 5.41) is 0. The molecular formula is C22H28N2O4. The monoisotopic (exact) mass is 384 g/mol. The number of rotatable bonds is 5. The molecule has 1 saturated heterocycles. The standard InChI is InChI=1S/C22H28N2O4/c1-4-23(13-17-7-8-26-14-17)22(25)19-11-15(2)24(16(19)3)18-5-6-20-21(12-18)28-10-9-27-20/h5-6,11-12,17H,4,7-10,13-14H2,1-3H3. The van der Waals surface area contributed by atoms with Crippen LogP contribution < -0.4 is 9.47 Å². The van der Waals surface area contributed by atoms with Crippen molar-refractivity contribution < 1.29 is 19.0 Å². The molecule has 0 saturated carbocycles. The van der Waals surface area contributed by atoms with Crippen molar-refractivity contribution >= 4 is 5.91 Å². The summed E-state index contributed by atoms with van der Waals surface area (Å²) >= 11 is 0. The molecule has 1 aromatic heterocycles. The molecule has 0 N–H and O–H groups in total. The van der Waals surface area contributed by atoms with Gasteiger partial charge in [-0.3, -0.25) is 4.79 Å². The van der Waals surface area contributed by atoms with Crippen LogP contribution in [-0.4, -0.2) is 54.9 Å². The topological polar surface area (TPSA) is 52.9 Å². The van der Waals surface area contributed by atoms with Gasteiger partial charge >= 0.3 is 0 Å². The Morgan fingerprint density at radius 3 is 2.64 bits per heavy atom. The highest BCUT2D eigenvalue weighted by Gasteiger charge is 2.25. The third-order valence-corrected chi connectivity index (χ3v) is 5.62. The predicted molar refractivity (Wildman–Crippen MR) is 107 cm³/mol. The molecule has 0 radical (unpaired) electrons. The summed E-state index contributed by atoms with van der Waals surface area (Å²) in [5.41, 5.74) is 3.71. The van der Waals surface area contributed by atoms with Gasteiger partial charge in [0.1, 0.15) is 13.2 Å². The van der Waals surface area contributed by atoms with Gasteiger partial charge in [-0.2, -0.15) is 0 Å².